The smallest absolute Gasteiger partial charge is 0.250 e. The Balaban J connectivity index is 1.51. The van der Waals surface area contributed by atoms with Crippen LogP contribution >= 0.6 is 0 Å². The number of nitrogens with zero attached hydrogens (tertiary/aromatic N) is 2. The van der Waals surface area contributed by atoms with Crippen LogP contribution < -0.4 is 15.0 Å². The quantitative estimate of drug-likeness (QED) is 0.764. The van der Waals surface area contributed by atoms with Crippen LogP contribution in [-0.2, 0) is 14.3 Å². The number of hydrogen-bond acceptors (Lipinski definition) is 6. The van der Waals surface area contributed by atoms with E-state index in [9.17, 15) is 14.0 Å². The molecule has 31 heavy (non-hydrogen) atoms. The van der Waals surface area contributed by atoms with Gasteiger partial charge in [-0.3, -0.25) is 14.5 Å². The van der Waals surface area contributed by atoms with Gasteiger partial charge >= 0.3 is 0 Å². The molecule has 2 amide bonds. The second kappa shape index (κ2) is 10.00. The summed E-state index contributed by atoms with van der Waals surface area (Å²) in [7, 11) is 0. The molecule has 2 aliphatic rings. The van der Waals surface area contributed by atoms with E-state index in [1.54, 1.807) is 24.3 Å². The van der Waals surface area contributed by atoms with Crippen molar-refractivity contribution in [2.75, 3.05) is 44.3 Å². The Kier molecular flexibility index (Phi) is 6.91. The van der Waals surface area contributed by atoms with Crippen molar-refractivity contribution in [1.82, 2.24) is 10.2 Å². The molecule has 2 aromatic carbocycles. The molecule has 0 saturated carbocycles. The summed E-state index contributed by atoms with van der Waals surface area (Å²) < 4.78 is 24.1. The standard InChI is InChI=1S/C23H26FN3O4/c24-17-3-7-19(8-4-17)31-20-9-5-18(6-10-20)27(23(29)21-2-1-11-25-21)22(28)16-26-12-14-30-15-13-26/h3-10,21,25H,1-2,11-16H2. The zero-order chi connectivity index (χ0) is 21.6. The van der Waals surface area contributed by atoms with Crippen molar-refractivity contribution in [3.63, 3.8) is 0 Å². The summed E-state index contributed by atoms with van der Waals surface area (Å²) in [6.07, 6.45) is 1.62. The minimum atomic E-state index is -0.358. The zero-order valence-corrected chi connectivity index (χ0v) is 17.3. The number of amides is 2. The number of hydrogen-bond donors (Lipinski definition) is 1. The van der Waals surface area contributed by atoms with E-state index in [0.717, 1.165) is 13.0 Å². The molecule has 7 nitrogen and oxygen atoms in total. The van der Waals surface area contributed by atoms with Crippen LogP contribution in [0.3, 0.4) is 0 Å². The number of rotatable bonds is 6. The first-order valence-corrected chi connectivity index (χ1v) is 10.5. The van der Waals surface area contributed by atoms with Crippen molar-refractivity contribution < 1.29 is 23.5 Å². The van der Waals surface area contributed by atoms with Crippen molar-refractivity contribution in [2.45, 2.75) is 18.9 Å². The SMILES string of the molecule is O=C(CN1CCOCC1)N(C(=O)C1CCCN1)c1ccc(Oc2ccc(F)cc2)cc1. The highest BCUT2D eigenvalue weighted by atomic mass is 19.1. The van der Waals surface area contributed by atoms with Crippen molar-refractivity contribution in [1.29, 1.82) is 0 Å². The Morgan fingerprint density at radius 2 is 1.71 bits per heavy atom. The van der Waals surface area contributed by atoms with Crippen LogP contribution in [0.25, 0.3) is 0 Å². The maximum atomic E-state index is 13.2. The maximum absolute atomic E-state index is 13.2. The predicted molar refractivity (Wildman–Crippen MR) is 114 cm³/mol. The van der Waals surface area contributed by atoms with Crippen LogP contribution in [0.2, 0.25) is 0 Å². The minimum absolute atomic E-state index is 0.162. The number of nitrogens with one attached hydrogen (secondary N) is 1. The second-order valence-electron chi connectivity index (χ2n) is 7.65. The largest absolute Gasteiger partial charge is 0.457 e. The van der Waals surface area contributed by atoms with E-state index >= 15 is 0 Å². The molecule has 2 aromatic rings. The van der Waals surface area contributed by atoms with Gasteiger partial charge in [-0.1, -0.05) is 0 Å². The van der Waals surface area contributed by atoms with Crippen LogP contribution in [0.1, 0.15) is 12.8 Å². The fraction of sp³-hybridized carbons (Fsp3) is 0.391. The van der Waals surface area contributed by atoms with Gasteiger partial charge in [0.05, 0.1) is 31.5 Å². The number of halogens is 1. The van der Waals surface area contributed by atoms with Gasteiger partial charge in [0.1, 0.15) is 17.3 Å². The van der Waals surface area contributed by atoms with E-state index in [1.165, 1.54) is 29.2 Å². The van der Waals surface area contributed by atoms with E-state index in [0.29, 0.717) is 49.9 Å². The zero-order valence-electron chi connectivity index (χ0n) is 17.3. The van der Waals surface area contributed by atoms with Crippen LogP contribution in [-0.4, -0.2) is 62.1 Å². The van der Waals surface area contributed by atoms with Gasteiger partial charge in [0.2, 0.25) is 5.91 Å². The predicted octanol–water partition coefficient (Wildman–Crippen LogP) is 2.56. The molecule has 1 N–H and O–H groups in total. The van der Waals surface area contributed by atoms with Crippen LogP contribution in [0.4, 0.5) is 10.1 Å². The Morgan fingerprint density at radius 3 is 2.32 bits per heavy atom. The first kappa shape index (κ1) is 21.4. The summed E-state index contributed by atoms with van der Waals surface area (Å²) in [6.45, 7) is 3.43. The fourth-order valence-electron chi connectivity index (χ4n) is 3.77. The van der Waals surface area contributed by atoms with Gasteiger partial charge in [-0.2, -0.15) is 0 Å². The number of carbonyl (C=O) groups is 2. The van der Waals surface area contributed by atoms with Gasteiger partial charge in [0.25, 0.3) is 5.91 Å². The first-order valence-electron chi connectivity index (χ1n) is 10.5. The lowest BCUT2D eigenvalue weighted by atomic mass is 10.1. The normalized spacial score (nSPS) is 19.2. The first-order chi connectivity index (χ1) is 15.1. The molecule has 0 aliphatic carbocycles. The van der Waals surface area contributed by atoms with Crippen LogP contribution in [0, 0.1) is 5.82 Å². The molecule has 0 spiro atoms. The van der Waals surface area contributed by atoms with Gasteiger partial charge in [-0.05, 0) is 67.9 Å². The third kappa shape index (κ3) is 5.46. The molecule has 2 aliphatic heterocycles. The highest BCUT2D eigenvalue weighted by Gasteiger charge is 2.32. The molecule has 8 heteroatoms. The van der Waals surface area contributed by atoms with Crippen molar-refractivity contribution in [3.05, 3.63) is 54.3 Å². The van der Waals surface area contributed by atoms with E-state index in [4.69, 9.17) is 9.47 Å². The van der Waals surface area contributed by atoms with Crippen molar-refractivity contribution in [3.8, 4) is 11.5 Å². The van der Waals surface area contributed by atoms with E-state index in [1.807, 2.05) is 4.90 Å². The van der Waals surface area contributed by atoms with Gasteiger partial charge in [-0.15, -0.1) is 0 Å². The Bertz CT molecular complexity index is 892. The lowest BCUT2D eigenvalue weighted by Crippen LogP contribution is -2.51. The number of benzene rings is 2. The average Bonchev–Trinajstić information content (AvgIpc) is 3.32. The second-order valence-corrected chi connectivity index (χ2v) is 7.65. The number of morpholine rings is 1. The minimum Gasteiger partial charge on any atom is -0.457 e. The number of carbonyl (C=O) groups excluding carboxylic acids is 2. The molecular weight excluding hydrogens is 401 g/mol. The molecule has 2 saturated heterocycles. The molecule has 2 heterocycles. The topological polar surface area (TPSA) is 71.1 Å². The molecular formula is C23H26FN3O4. The molecule has 1 atom stereocenters. The molecule has 164 valence electrons. The summed E-state index contributed by atoms with van der Waals surface area (Å²) in [5.74, 6) is 0.204. The Labute approximate surface area is 180 Å². The Morgan fingerprint density at radius 1 is 1.06 bits per heavy atom. The van der Waals surface area contributed by atoms with Gasteiger partial charge < -0.3 is 14.8 Å². The van der Waals surface area contributed by atoms with Crippen molar-refractivity contribution >= 4 is 17.5 Å². The molecule has 2 fully saturated rings. The van der Waals surface area contributed by atoms with E-state index in [-0.39, 0.29) is 30.2 Å². The summed E-state index contributed by atoms with van der Waals surface area (Å²) in [4.78, 5) is 29.6. The lowest BCUT2D eigenvalue weighted by molar-refractivity contribution is -0.128. The van der Waals surface area contributed by atoms with Crippen LogP contribution in [0.5, 0.6) is 11.5 Å². The third-order valence-electron chi connectivity index (χ3n) is 5.44. The molecule has 1 unspecified atom stereocenters. The van der Waals surface area contributed by atoms with Gasteiger partial charge in [0.15, 0.2) is 0 Å². The maximum Gasteiger partial charge on any atom is 0.250 e. The van der Waals surface area contributed by atoms with E-state index in [2.05, 4.69) is 5.32 Å². The third-order valence-corrected chi connectivity index (χ3v) is 5.44. The number of ether oxygens (including phenoxy) is 2. The van der Waals surface area contributed by atoms with Crippen LogP contribution in [0.15, 0.2) is 48.5 Å². The van der Waals surface area contributed by atoms with Gasteiger partial charge in [0, 0.05) is 13.1 Å². The Hall–Kier alpha value is -2.81. The number of anilines is 1. The highest BCUT2D eigenvalue weighted by Crippen LogP contribution is 2.26. The summed E-state index contributed by atoms with van der Waals surface area (Å²) in [5.41, 5.74) is 0.503. The molecule has 0 aromatic heterocycles. The van der Waals surface area contributed by atoms with E-state index < -0.39 is 0 Å². The number of imide groups is 1. The lowest BCUT2D eigenvalue weighted by Gasteiger charge is -2.30. The summed E-state index contributed by atoms with van der Waals surface area (Å²) in [6, 6.07) is 12.2. The molecule has 4 rings (SSSR count). The highest BCUT2D eigenvalue weighted by molar-refractivity contribution is 6.17. The summed E-state index contributed by atoms with van der Waals surface area (Å²) >= 11 is 0. The summed E-state index contributed by atoms with van der Waals surface area (Å²) in [5, 5.41) is 3.18. The average molecular weight is 427 g/mol. The fourth-order valence-corrected chi connectivity index (χ4v) is 3.77. The molecule has 0 bridgehead atoms. The van der Waals surface area contributed by atoms with Gasteiger partial charge in [-0.25, -0.2) is 9.29 Å². The van der Waals surface area contributed by atoms with Crippen molar-refractivity contribution in [2.24, 2.45) is 0 Å². The monoisotopic (exact) mass is 427 g/mol. The molecule has 0 radical (unpaired) electrons.